The largest absolute Gasteiger partial charge is 0.379 e. The SMILES string of the molecule is CC(=O)CCCOCCOCCNc1nc(Nc2ccc(C(=O)NCc3ccccc3)cc2)nc(Nc2ccc3c(c2)C=NC3)n1. The standard InChI is InChI=1S/C34H38N8O4/c1-24(43)6-5-16-45-18-19-46-17-15-36-32-40-33(42-34(41-32)39-30-14-11-27-22-35-23-28(27)20-30)38-29-12-9-26(10-13-29)31(44)37-21-25-7-3-2-4-8-25/h2-4,7-14,20,23H,5-6,15-19,21-22H2,1H3,(H,37,44)(H3,36,38,39,40,41,42). The van der Waals surface area contributed by atoms with E-state index >= 15 is 0 Å². The molecule has 4 N–H and O–H groups in total. The van der Waals surface area contributed by atoms with Crippen molar-refractivity contribution in [2.75, 3.05) is 48.9 Å². The normalized spacial score (nSPS) is 11.6. The number of carbonyl (C=O) groups is 2. The van der Waals surface area contributed by atoms with Crippen molar-refractivity contribution in [3.63, 3.8) is 0 Å². The van der Waals surface area contributed by atoms with Crippen LogP contribution < -0.4 is 21.3 Å². The van der Waals surface area contributed by atoms with E-state index in [4.69, 9.17) is 9.47 Å². The first kappa shape index (κ1) is 32.2. The molecular formula is C34H38N8O4. The first-order valence-electron chi connectivity index (χ1n) is 15.3. The number of hydrogen-bond donors (Lipinski definition) is 4. The molecule has 0 saturated heterocycles. The van der Waals surface area contributed by atoms with Gasteiger partial charge in [-0.15, -0.1) is 0 Å². The van der Waals surface area contributed by atoms with Gasteiger partial charge in [0.15, 0.2) is 0 Å². The van der Waals surface area contributed by atoms with Crippen LogP contribution in [0.2, 0.25) is 0 Å². The molecule has 0 atom stereocenters. The highest BCUT2D eigenvalue weighted by molar-refractivity contribution is 5.94. The molecule has 0 bridgehead atoms. The number of hydrogen-bond acceptors (Lipinski definition) is 11. The Bertz CT molecular complexity index is 1630. The zero-order valence-corrected chi connectivity index (χ0v) is 25.8. The number of aliphatic imine (C=N–C) groups is 1. The van der Waals surface area contributed by atoms with Crippen LogP contribution in [0.4, 0.5) is 29.2 Å². The van der Waals surface area contributed by atoms with Crippen LogP contribution in [0.5, 0.6) is 0 Å². The molecule has 2 heterocycles. The molecule has 3 aromatic carbocycles. The summed E-state index contributed by atoms with van der Waals surface area (Å²) in [4.78, 5) is 41.6. The second-order valence-corrected chi connectivity index (χ2v) is 10.6. The van der Waals surface area contributed by atoms with Crippen LogP contribution in [0.3, 0.4) is 0 Å². The van der Waals surface area contributed by atoms with Gasteiger partial charge in [0.1, 0.15) is 5.78 Å². The molecule has 0 spiro atoms. The number of nitrogens with zero attached hydrogens (tertiary/aromatic N) is 4. The fraction of sp³-hybridized carbons (Fsp3) is 0.294. The Balaban J connectivity index is 1.18. The van der Waals surface area contributed by atoms with Crippen molar-refractivity contribution in [2.24, 2.45) is 4.99 Å². The fourth-order valence-electron chi connectivity index (χ4n) is 4.57. The third-order valence-corrected chi connectivity index (χ3v) is 6.95. The molecule has 12 heteroatoms. The van der Waals surface area contributed by atoms with E-state index in [0.29, 0.717) is 81.6 Å². The van der Waals surface area contributed by atoms with E-state index in [0.717, 1.165) is 23.2 Å². The van der Waals surface area contributed by atoms with E-state index in [-0.39, 0.29) is 11.7 Å². The van der Waals surface area contributed by atoms with Crippen LogP contribution >= 0.6 is 0 Å². The molecule has 0 fully saturated rings. The smallest absolute Gasteiger partial charge is 0.251 e. The number of Topliss-reactive ketones (excluding diaryl/α,β-unsaturated/α-hetero) is 1. The van der Waals surface area contributed by atoms with Crippen LogP contribution in [-0.4, -0.2) is 65.8 Å². The van der Waals surface area contributed by atoms with Crippen LogP contribution in [0.1, 0.15) is 46.8 Å². The van der Waals surface area contributed by atoms with Gasteiger partial charge in [-0.2, -0.15) is 15.0 Å². The average Bonchev–Trinajstić information content (AvgIpc) is 3.53. The third-order valence-electron chi connectivity index (χ3n) is 6.95. The van der Waals surface area contributed by atoms with Gasteiger partial charge in [-0.3, -0.25) is 9.79 Å². The quantitative estimate of drug-likeness (QED) is 0.111. The lowest BCUT2D eigenvalue weighted by molar-refractivity contribution is -0.117. The van der Waals surface area contributed by atoms with Gasteiger partial charge in [0, 0.05) is 49.3 Å². The van der Waals surface area contributed by atoms with Gasteiger partial charge in [-0.05, 0) is 66.4 Å². The van der Waals surface area contributed by atoms with E-state index in [1.54, 1.807) is 31.2 Å². The minimum Gasteiger partial charge on any atom is -0.379 e. The number of amides is 1. The topological polar surface area (TPSA) is 152 Å². The van der Waals surface area contributed by atoms with Gasteiger partial charge in [-0.25, -0.2) is 0 Å². The van der Waals surface area contributed by atoms with Crippen molar-refractivity contribution in [2.45, 2.75) is 32.9 Å². The summed E-state index contributed by atoms with van der Waals surface area (Å²) in [5.41, 5.74) is 5.34. The number of ether oxygens (including phenoxy) is 2. The van der Waals surface area contributed by atoms with E-state index < -0.39 is 0 Å². The Labute approximate surface area is 268 Å². The molecule has 1 aliphatic rings. The highest BCUT2D eigenvalue weighted by atomic mass is 16.5. The molecule has 1 aliphatic heterocycles. The maximum atomic E-state index is 12.7. The van der Waals surface area contributed by atoms with E-state index in [1.165, 1.54) is 5.56 Å². The lowest BCUT2D eigenvalue weighted by atomic mass is 10.1. The zero-order chi connectivity index (χ0) is 32.0. The highest BCUT2D eigenvalue weighted by Crippen LogP contribution is 2.23. The molecule has 0 radical (unpaired) electrons. The van der Waals surface area contributed by atoms with Crippen molar-refractivity contribution in [1.82, 2.24) is 20.3 Å². The van der Waals surface area contributed by atoms with Crippen molar-refractivity contribution >= 4 is 47.1 Å². The van der Waals surface area contributed by atoms with Crippen LogP contribution in [0.25, 0.3) is 0 Å². The molecule has 46 heavy (non-hydrogen) atoms. The van der Waals surface area contributed by atoms with E-state index in [9.17, 15) is 9.59 Å². The summed E-state index contributed by atoms with van der Waals surface area (Å²) < 4.78 is 11.1. The second-order valence-electron chi connectivity index (χ2n) is 10.6. The average molecular weight is 623 g/mol. The minimum atomic E-state index is -0.158. The summed E-state index contributed by atoms with van der Waals surface area (Å²) in [6, 6.07) is 22.9. The minimum absolute atomic E-state index is 0.158. The van der Waals surface area contributed by atoms with E-state index in [1.807, 2.05) is 54.7 Å². The number of benzene rings is 3. The first-order chi connectivity index (χ1) is 22.5. The molecular weight excluding hydrogens is 584 g/mol. The van der Waals surface area contributed by atoms with Crippen molar-refractivity contribution in [3.05, 3.63) is 95.1 Å². The highest BCUT2D eigenvalue weighted by Gasteiger charge is 2.12. The lowest BCUT2D eigenvalue weighted by Crippen LogP contribution is -2.22. The molecule has 4 aromatic rings. The molecule has 0 unspecified atom stereocenters. The van der Waals surface area contributed by atoms with Crippen molar-refractivity contribution in [3.8, 4) is 0 Å². The summed E-state index contributed by atoms with van der Waals surface area (Å²) in [6.07, 6.45) is 3.11. The van der Waals surface area contributed by atoms with Crippen molar-refractivity contribution in [1.29, 1.82) is 0 Å². The summed E-state index contributed by atoms with van der Waals surface area (Å²) in [6.45, 7) is 5.06. The van der Waals surface area contributed by atoms with Gasteiger partial charge in [0.2, 0.25) is 17.8 Å². The van der Waals surface area contributed by atoms with Crippen LogP contribution in [-0.2, 0) is 27.4 Å². The summed E-state index contributed by atoms with van der Waals surface area (Å²) in [5.74, 6) is 1.05. The maximum absolute atomic E-state index is 12.7. The number of aromatic nitrogens is 3. The van der Waals surface area contributed by atoms with Gasteiger partial charge in [0.05, 0.1) is 26.4 Å². The Morgan fingerprint density at radius 3 is 2.24 bits per heavy atom. The number of ketones is 1. The zero-order valence-electron chi connectivity index (χ0n) is 25.8. The third kappa shape index (κ3) is 10.2. The predicted octanol–water partition coefficient (Wildman–Crippen LogP) is 5.04. The number of rotatable bonds is 18. The Morgan fingerprint density at radius 1 is 0.783 bits per heavy atom. The van der Waals surface area contributed by atoms with Gasteiger partial charge in [-0.1, -0.05) is 36.4 Å². The summed E-state index contributed by atoms with van der Waals surface area (Å²) >= 11 is 0. The number of anilines is 5. The molecule has 0 saturated carbocycles. The number of nitrogens with one attached hydrogen (secondary N) is 4. The van der Waals surface area contributed by atoms with E-state index in [2.05, 4.69) is 41.2 Å². The fourth-order valence-corrected chi connectivity index (χ4v) is 4.57. The van der Waals surface area contributed by atoms with Gasteiger partial charge >= 0.3 is 0 Å². The lowest BCUT2D eigenvalue weighted by Gasteiger charge is -2.12. The molecule has 12 nitrogen and oxygen atoms in total. The molecule has 5 rings (SSSR count). The Kier molecular flexibility index (Phi) is 11.7. The van der Waals surface area contributed by atoms with Crippen molar-refractivity contribution < 1.29 is 19.1 Å². The molecule has 238 valence electrons. The van der Waals surface area contributed by atoms with Gasteiger partial charge < -0.3 is 35.5 Å². The molecule has 1 aromatic heterocycles. The molecule has 1 amide bonds. The Hall–Kier alpha value is -5.20. The maximum Gasteiger partial charge on any atom is 0.251 e. The van der Waals surface area contributed by atoms with Crippen LogP contribution in [0.15, 0.2) is 77.8 Å². The van der Waals surface area contributed by atoms with Crippen LogP contribution in [0, 0.1) is 0 Å². The summed E-state index contributed by atoms with van der Waals surface area (Å²) in [7, 11) is 0. The second kappa shape index (κ2) is 16.8. The Morgan fingerprint density at radius 2 is 1.48 bits per heavy atom. The first-order valence-corrected chi connectivity index (χ1v) is 15.3. The summed E-state index contributed by atoms with van der Waals surface area (Å²) in [5, 5.41) is 12.6. The monoisotopic (exact) mass is 622 g/mol. The number of carbonyl (C=O) groups excluding carboxylic acids is 2. The number of fused-ring (bicyclic) bond motifs is 1. The predicted molar refractivity (Wildman–Crippen MR) is 178 cm³/mol. The van der Waals surface area contributed by atoms with Gasteiger partial charge in [0.25, 0.3) is 5.91 Å². The molecule has 0 aliphatic carbocycles.